The molecule has 1 aliphatic rings. The number of para-hydroxylation sites is 3. The molecule has 1 amide bonds. The number of amides is 1. The summed E-state index contributed by atoms with van der Waals surface area (Å²) >= 11 is 1.64. The highest BCUT2D eigenvalue weighted by molar-refractivity contribution is 7.99. The van der Waals surface area contributed by atoms with Crippen LogP contribution < -0.4 is 10.1 Å². The second kappa shape index (κ2) is 8.70. The monoisotopic (exact) mass is 423 g/mol. The molecule has 0 aliphatic carbocycles. The van der Waals surface area contributed by atoms with Crippen LogP contribution in [0.25, 0.3) is 0 Å². The molecule has 1 N–H and O–H groups in total. The Hall–Kier alpha value is -3.50. The topological polar surface area (TPSA) is 38.3 Å². The molecule has 0 saturated carbocycles. The first-order valence-electron chi connectivity index (χ1n) is 10.3. The fourth-order valence-corrected chi connectivity index (χ4v) is 4.81. The summed E-state index contributed by atoms with van der Waals surface area (Å²) in [4.78, 5) is 15.3. The average Bonchev–Trinajstić information content (AvgIpc) is 2.81. The van der Waals surface area contributed by atoms with E-state index in [0.717, 1.165) is 38.1 Å². The van der Waals surface area contributed by atoms with E-state index < -0.39 is 0 Å². The summed E-state index contributed by atoms with van der Waals surface area (Å²) in [5.74, 6) is 1.57. The van der Waals surface area contributed by atoms with Gasteiger partial charge in [-0.3, -0.25) is 4.79 Å². The average molecular weight is 424 g/mol. The van der Waals surface area contributed by atoms with Crippen LogP contribution >= 0.6 is 11.8 Å². The number of nitrogens with one attached hydrogen (secondary N) is 1. The van der Waals surface area contributed by atoms with Crippen molar-refractivity contribution in [1.29, 1.82) is 0 Å². The highest BCUT2D eigenvalue weighted by Gasteiger charge is 2.28. The van der Waals surface area contributed by atoms with Crippen LogP contribution in [0.3, 0.4) is 0 Å². The van der Waals surface area contributed by atoms with Gasteiger partial charge in [0.2, 0.25) is 5.91 Å². The fourth-order valence-electron chi connectivity index (χ4n) is 3.89. The van der Waals surface area contributed by atoms with Crippen molar-refractivity contribution < 1.29 is 9.53 Å². The summed E-state index contributed by atoms with van der Waals surface area (Å²) in [6, 6.07) is 34.0. The lowest BCUT2D eigenvalue weighted by atomic mass is 9.85. The molecule has 5 rings (SSSR count). The van der Waals surface area contributed by atoms with Crippen molar-refractivity contribution in [1.82, 2.24) is 0 Å². The quantitative estimate of drug-likeness (QED) is 0.372. The highest BCUT2D eigenvalue weighted by atomic mass is 32.2. The third kappa shape index (κ3) is 4.21. The maximum atomic E-state index is 13.1. The van der Waals surface area contributed by atoms with Gasteiger partial charge in [0.15, 0.2) is 0 Å². The third-order valence-electron chi connectivity index (χ3n) is 5.33. The summed E-state index contributed by atoms with van der Waals surface area (Å²) in [5.41, 5.74) is 2.92. The van der Waals surface area contributed by atoms with Gasteiger partial charge >= 0.3 is 0 Å². The summed E-state index contributed by atoms with van der Waals surface area (Å²) in [6.07, 6.45) is 0.349. The molecule has 4 aromatic carbocycles. The van der Waals surface area contributed by atoms with E-state index in [1.54, 1.807) is 11.8 Å². The zero-order chi connectivity index (χ0) is 21.0. The number of benzene rings is 4. The molecular formula is C27H21NO2S. The molecule has 0 spiro atoms. The van der Waals surface area contributed by atoms with Crippen LogP contribution in [0.5, 0.6) is 11.5 Å². The Bertz CT molecular complexity index is 1180. The lowest BCUT2D eigenvalue weighted by molar-refractivity contribution is -0.116. The van der Waals surface area contributed by atoms with Gasteiger partial charge in [-0.05, 0) is 36.4 Å². The van der Waals surface area contributed by atoms with Gasteiger partial charge < -0.3 is 10.1 Å². The van der Waals surface area contributed by atoms with Crippen molar-refractivity contribution in [2.75, 3.05) is 5.32 Å². The number of rotatable bonds is 5. The summed E-state index contributed by atoms with van der Waals surface area (Å²) in [6.45, 7) is 0. The second-order valence-corrected chi connectivity index (χ2v) is 8.51. The van der Waals surface area contributed by atoms with Gasteiger partial charge in [0.25, 0.3) is 0 Å². The summed E-state index contributed by atoms with van der Waals surface area (Å²) < 4.78 is 6.06. The van der Waals surface area contributed by atoms with Crippen LogP contribution in [-0.4, -0.2) is 5.91 Å². The number of hydrogen-bond acceptors (Lipinski definition) is 3. The molecule has 1 aliphatic heterocycles. The highest BCUT2D eigenvalue weighted by Crippen LogP contribution is 2.45. The van der Waals surface area contributed by atoms with E-state index >= 15 is 0 Å². The van der Waals surface area contributed by atoms with Crippen molar-refractivity contribution in [3.63, 3.8) is 0 Å². The number of carbonyl (C=O) groups is 1. The lowest BCUT2D eigenvalue weighted by Gasteiger charge is -2.28. The number of fused-ring (bicyclic) bond motifs is 2. The summed E-state index contributed by atoms with van der Waals surface area (Å²) in [7, 11) is 0. The molecule has 1 heterocycles. The zero-order valence-corrected chi connectivity index (χ0v) is 17.6. The van der Waals surface area contributed by atoms with E-state index in [0.29, 0.717) is 6.42 Å². The van der Waals surface area contributed by atoms with Gasteiger partial charge in [-0.2, -0.15) is 0 Å². The molecule has 0 unspecified atom stereocenters. The Morgan fingerprint density at radius 1 is 0.742 bits per heavy atom. The van der Waals surface area contributed by atoms with E-state index in [4.69, 9.17) is 4.74 Å². The van der Waals surface area contributed by atoms with Gasteiger partial charge in [0, 0.05) is 33.3 Å². The van der Waals surface area contributed by atoms with E-state index in [-0.39, 0.29) is 11.8 Å². The molecular weight excluding hydrogens is 402 g/mol. The van der Waals surface area contributed by atoms with Crippen LogP contribution in [0.1, 0.15) is 23.5 Å². The Morgan fingerprint density at radius 3 is 2.03 bits per heavy atom. The maximum Gasteiger partial charge on any atom is 0.225 e. The molecule has 0 saturated heterocycles. The molecule has 31 heavy (non-hydrogen) atoms. The minimum Gasteiger partial charge on any atom is -0.457 e. The minimum atomic E-state index is -0.0462. The first kappa shape index (κ1) is 19.5. The Labute approximate surface area is 186 Å². The Balaban J connectivity index is 1.39. The molecule has 4 heteroatoms. The first-order chi connectivity index (χ1) is 15.3. The molecule has 0 radical (unpaired) electrons. The maximum absolute atomic E-state index is 13.1. The van der Waals surface area contributed by atoms with Crippen LogP contribution in [0.15, 0.2) is 113 Å². The number of anilines is 1. The van der Waals surface area contributed by atoms with Crippen molar-refractivity contribution in [3.05, 3.63) is 114 Å². The van der Waals surface area contributed by atoms with Crippen LogP contribution in [0, 0.1) is 0 Å². The van der Waals surface area contributed by atoms with E-state index in [1.807, 2.05) is 91.0 Å². The predicted molar refractivity (Wildman–Crippen MR) is 125 cm³/mol. The third-order valence-corrected chi connectivity index (χ3v) is 6.41. The second-order valence-electron chi connectivity index (χ2n) is 7.39. The molecule has 4 aromatic rings. The predicted octanol–water partition coefficient (Wildman–Crippen LogP) is 7.10. The van der Waals surface area contributed by atoms with E-state index in [9.17, 15) is 4.79 Å². The molecule has 0 fully saturated rings. The standard InChI is InChI=1S/C27H21NO2S/c29-27(28-23-14-6-9-17-26(23)31-19-10-2-1-3-11-19)18-22-20-12-4-7-15-24(20)30-25-16-8-5-13-21(22)25/h1-17,22H,18H2,(H,28,29). The van der Waals surface area contributed by atoms with Crippen LogP contribution in [-0.2, 0) is 4.79 Å². The molecule has 0 bridgehead atoms. The SMILES string of the molecule is O=C(CC1c2ccccc2Oc2ccccc21)Nc1ccccc1Sc1ccccc1. The molecule has 0 atom stereocenters. The normalized spacial score (nSPS) is 12.4. The fraction of sp³-hybridized carbons (Fsp3) is 0.0741. The van der Waals surface area contributed by atoms with E-state index in [2.05, 4.69) is 17.4 Å². The largest absolute Gasteiger partial charge is 0.457 e. The number of hydrogen-bond donors (Lipinski definition) is 1. The van der Waals surface area contributed by atoms with Crippen molar-refractivity contribution in [2.24, 2.45) is 0 Å². The number of ether oxygens (including phenoxy) is 1. The van der Waals surface area contributed by atoms with Crippen molar-refractivity contribution in [2.45, 2.75) is 22.1 Å². The van der Waals surface area contributed by atoms with Gasteiger partial charge in [-0.25, -0.2) is 0 Å². The van der Waals surface area contributed by atoms with E-state index in [1.165, 1.54) is 0 Å². The van der Waals surface area contributed by atoms with Crippen LogP contribution in [0.2, 0.25) is 0 Å². The van der Waals surface area contributed by atoms with Crippen LogP contribution in [0.4, 0.5) is 5.69 Å². The minimum absolute atomic E-state index is 0.0161. The van der Waals surface area contributed by atoms with Crippen molar-refractivity contribution in [3.8, 4) is 11.5 Å². The van der Waals surface area contributed by atoms with Gasteiger partial charge in [-0.15, -0.1) is 0 Å². The molecule has 0 aromatic heterocycles. The van der Waals surface area contributed by atoms with Gasteiger partial charge in [0.05, 0.1) is 5.69 Å². The first-order valence-corrected chi connectivity index (χ1v) is 11.1. The van der Waals surface area contributed by atoms with Gasteiger partial charge in [0.1, 0.15) is 11.5 Å². The van der Waals surface area contributed by atoms with Gasteiger partial charge in [-0.1, -0.05) is 78.5 Å². The Morgan fingerprint density at radius 2 is 1.32 bits per heavy atom. The summed E-state index contributed by atoms with van der Waals surface area (Å²) in [5, 5.41) is 3.14. The smallest absolute Gasteiger partial charge is 0.225 e. The Kier molecular flexibility index (Phi) is 5.46. The molecule has 3 nitrogen and oxygen atoms in total. The lowest BCUT2D eigenvalue weighted by Crippen LogP contribution is -2.19. The van der Waals surface area contributed by atoms with Crippen molar-refractivity contribution >= 4 is 23.4 Å². The molecule has 152 valence electrons. The zero-order valence-electron chi connectivity index (χ0n) is 16.8. The number of carbonyl (C=O) groups excluding carboxylic acids is 1.